The fourth-order valence-corrected chi connectivity index (χ4v) is 13.3. The summed E-state index contributed by atoms with van der Waals surface area (Å²) >= 11 is 0. The number of benzene rings is 5. The van der Waals surface area contributed by atoms with Crippen molar-refractivity contribution in [2.75, 3.05) is 115 Å². The molecule has 2 saturated heterocycles. The van der Waals surface area contributed by atoms with Crippen molar-refractivity contribution < 1.29 is 83.4 Å². The predicted octanol–water partition coefficient (Wildman–Crippen LogP) is 6.55. The number of phenols is 4. The van der Waals surface area contributed by atoms with Gasteiger partial charge in [-0.3, -0.25) is 19.2 Å². The highest BCUT2D eigenvalue weighted by atomic mass is 16.6. The largest absolute Gasteiger partial charge is 0.507 e. The molecule has 79 heavy (non-hydrogen) atoms. The van der Waals surface area contributed by atoms with Crippen LogP contribution in [0.25, 0.3) is 21.7 Å². The number of fused-ring (bicyclic) bond motifs is 6. The molecule has 4 unspecified atom stereocenters. The second kappa shape index (κ2) is 19.2. The molecule has 21 nitrogen and oxygen atoms in total. The number of furan rings is 1. The Kier molecular flexibility index (Phi) is 13.0. The topological polar surface area (TPSA) is 274 Å². The third-order valence-electron chi connectivity index (χ3n) is 17.5. The van der Waals surface area contributed by atoms with Gasteiger partial charge in [-0.25, -0.2) is 20.8 Å². The molecule has 4 fully saturated rings. The van der Waals surface area contributed by atoms with Gasteiger partial charge < -0.3 is 45.3 Å². The summed E-state index contributed by atoms with van der Waals surface area (Å²) in [4.78, 5) is 60.9. The Balaban J connectivity index is 0.000000168. The molecule has 21 heteroatoms. The first-order valence-electron chi connectivity index (χ1n) is 27.0. The highest BCUT2D eigenvalue weighted by Crippen LogP contribution is 2.51. The Morgan fingerprint density at radius 1 is 0.494 bits per heavy atom. The molecule has 0 bridgehead atoms. The monoisotopic (exact) mass is 1090 g/mol. The van der Waals surface area contributed by atoms with Crippen molar-refractivity contribution in [1.82, 2.24) is 0 Å². The number of nitrogens with one attached hydrogen (secondary N) is 2. The number of quaternary nitrogens is 4. The fraction of sp³-hybridized carbons (Fsp3) is 0.414. The summed E-state index contributed by atoms with van der Waals surface area (Å²) < 4.78 is 5.17. The molecular formula is C58H70N8O13+4. The van der Waals surface area contributed by atoms with Crippen LogP contribution in [0.15, 0.2) is 65.3 Å². The van der Waals surface area contributed by atoms with E-state index in [2.05, 4.69) is 10.6 Å². The zero-order valence-corrected chi connectivity index (χ0v) is 45.3. The molecule has 3 heterocycles. The zero-order valence-electron chi connectivity index (χ0n) is 45.3. The van der Waals surface area contributed by atoms with Crippen LogP contribution in [0.3, 0.4) is 0 Å². The lowest BCUT2D eigenvalue weighted by Crippen LogP contribution is -2.56. The number of ketones is 4. The molecule has 1 aromatic heterocycles. The number of rotatable bonds is 8. The first-order valence-corrected chi connectivity index (χ1v) is 27.0. The standard InChI is InChI=1S/C32H38N4O6.C26H28N4O7/c1-35(2,41)21-13-7-11-19(21)33-29-17-9-5-6-10-18(17)30(34-20-12-8-14-22(20)36(3,4)42)28-27(29)31(39)25-23(37)15-16-24(38)26(25)32(28)40;1-29(35)10-6-27(7-11-29)22-15-5-14-37-26(15)23(28-8-12-30(2,36)13-9-28)21-20(22)24(33)18-16(31)3-4-17(32)19(18)25(21)34/h5-6,9-10,15-16,19-22,41-42H,7-8,11-14H2,1-4H3,(H2-2,33,34,37,38,39,40);3-5,14,35-36H,6-13H2,1-2H3/p+4. The van der Waals surface area contributed by atoms with E-state index in [4.69, 9.17) is 4.42 Å². The van der Waals surface area contributed by atoms with Crippen molar-refractivity contribution in [3.8, 4) is 23.0 Å². The SMILES string of the molecule is C[N+](C)(O)C1CCCC1Nc1c2c(c(NC3CCCC3[N+](C)(C)O)c3ccccc13)C(=O)c1c(O)ccc(O)c1C2=O.C[N+]1(O)CCN(c2c3c(c(N4CC[N+](C)(O)CC4)c4occc24)C(=O)c2c(O)ccc(O)c2C3=O)CC1. The molecule has 2 saturated carbocycles. The molecule has 0 amide bonds. The minimum absolute atomic E-state index is 0.122. The van der Waals surface area contributed by atoms with Crippen molar-refractivity contribution in [2.45, 2.75) is 62.7 Å². The summed E-state index contributed by atoms with van der Waals surface area (Å²) in [5, 5.41) is 94.8. The number of piperazine rings is 2. The third kappa shape index (κ3) is 9.07. The quantitative estimate of drug-likeness (QED) is 0.0334. The number of hydrogen-bond acceptors (Lipinski definition) is 17. The van der Waals surface area contributed by atoms with Crippen molar-refractivity contribution in [1.29, 1.82) is 0 Å². The predicted molar refractivity (Wildman–Crippen MR) is 291 cm³/mol. The van der Waals surface area contributed by atoms with E-state index in [-0.39, 0.29) is 110 Å². The zero-order chi connectivity index (χ0) is 56.4. The lowest BCUT2D eigenvalue weighted by Gasteiger charge is -2.40. The lowest BCUT2D eigenvalue weighted by atomic mass is 9.79. The summed E-state index contributed by atoms with van der Waals surface area (Å²) in [6, 6.07) is 13.6. The van der Waals surface area contributed by atoms with Crippen molar-refractivity contribution in [3.05, 3.63) is 105 Å². The van der Waals surface area contributed by atoms with Gasteiger partial charge in [-0.05, 0) is 56.0 Å². The van der Waals surface area contributed by atoms with Crippen LogP contribution >= 0.6 is 0 Å². The first-order chi connectivity index (χ1) is 37.3. The molecule has 6 aliphatic rings. The maximum absolute atomic E-state index is 14.4. The number of phenolic OH excluding ortho intramolecular Hbond substituents is 4. The molecule has 5 aromatic carbocycles. The van der Waals surface area contributed by atoms with Gasteiger partial charge in [0, 0.05) is 29.0 Å². The van der Waals surface area contributed by atoms with Crippen LogP contribution in [0, 0.1) is 0 Å². The Labute approximate surface area is 455 Å². The molecule has 6 aromatic rings. The van der Waals surface area contributed by atoms with E-state index in [1.807, 2.05) is 34.1 Å². The van der Waals surface area contributed by atoms with Gasteiger partial charge in [-0.15, -0.1) is 0 Å². The van der Waals surface area contributed by atoms with Crippen molar-refractivity contribution >= 4 is 67.6 Å². The lowest BCUT2D eigenvalue weighted by molar-refractivity contribution is -1.09. The average Bonchev–Trinajstić information content (AvgIpc) is 3.40. The van der Waals surface area contributed by atoms with Crippen molar-refractivity contribution in [3.63, 3.8) is 0 Å². The van der Waals surface area contributed by atoms with Crippen LogP contribution < -0.4 is 20.4 Å². The highest BCUT2D eigenvalue weighted by Gasteiger charge is 2.47. The molecule has 12 rings (SSSR count). The van der Waals surface area contributed by atoms with Crippen LogP contribution in [0.1, 0.15) is 102 Å². The maximum Gasteiger partial charge on any atom is 0.200 e. The van der Waals surface area contributed by atoms with Crippen LogP contribution in [0.5, 0.6) is 23.0 Å². The van der Waals surface area contributed by atoms with Gasteiger partial charge >= 0.3 is 0 Å². The summed E-state index contributed by atoms with van der Waals surface area (Å²) in [7, 11) is 10.4. The first kappa shape index (κ1) is 53.7. The van der Waals surface area contributed by atoms with E-state index in [1.165, 1.54) is 30.5 Å². The molecule has 416 valence electrons. The Morgan fingerprint density at radius 3 is 1.23 bits per heavy atom. The van der Waals surface area contributed by atoms with Crippen LogP contribution in [-0.2, 0) is 0 Å². The Morgan fingerprint density at radius 2 is 0.848 bits per heavy atom. The second-order valence-electron chi connectivity index (χ2n) is 23.7. The Bertz CT molecular complexity index is 3300. The van der Waals surface area contributed by atoms with Crippen LogP contribution in [-0.4, -0.2) is 202 Å². The number of nitrogens with zero attached hydrogens (tertiary/aromatic N) is 6. The molecule has 4 atom stereocenters. The molecule has 0 spiro atoms. The summed E-state index contributed by atoms with van der Waals surface area (Å²) in [5.74, 6) is -3.74. The van der Waals surface area contributed by atoms with Gasteiger partial charge in [-0.2, -0.15) is 18.6 Å². The summed E-state index contributed by atoms with van der Waals surface area (Å²) in [6.45, 7) is 3.34. The minimum atomic E-state index is -0.570. The van der Waals surface area contributed by atoms with E-state index in [1.54, 1.807) is 48.4 Å². The van der Waals surface area contributed by atoms with Gasteiger partial charge in [0.25, 0.3) is 0 Å². The number of aromatic hydroxyl groups is 4. The van der Waals surface area contributed by atoms with E-state index in [0.29, 0.717) is 86.1 Å². The van der Waals surface area contributed by atoms with E-state index in [9.17, 15) is 60.4 Å². The fourth-order valence-electron chi connectivity index (χ4n) is 13.3. The number of hydroxylamine groups is 12. The van der Waals surface area contributed by atoms with Crippen LogP contribution in [0.2, 0.25) is 0 Å². The van der Waals surface area contributed by atoms with Gasteiger partial charge in [0.05, 0.1) is 154 Å². The van der Waals surface area contributed by atoms with Gasteiger partial charge in [0.15, 0.2) is 5.58 Å². The highest BCUT2D eigenvalue weighted by molar-refractivity contribution is 6.37. The van der Waals surface area contributed by atoms with E-state index >= 15 is 0 Å². The number of carbonyl (C=O) groups excluding carboxylic acids is 4. The normalized spacial score (nSPS) is 22.6. The Hall–Kier alpha value is -7.34. The molecule has 2 aliphatic heterocycles. The van der Waals surface area contributed by atoms with Gasteiger partial charge in [0.2, 0.25) is 23.1 Å². The summed E-state index contributed by atoms with van der Waals surface area (Å²) in [6.07, 6.45) is 6.45. The molecule has 4 aliphatic carbocycles. The van der Waals surface area contributed by atoms with E-state index in [0.717, 1.165) is 49.3 Å². The number of anilines is 4. The van der Waals surface area contributed by atoms with Gasteiger partial charge in [-0.1, -0.05) is 24.3 Å². The smallest absolute Gasteiger partial charge is 0.200 e. The average molecular weight is 1090 g/mol. The molecule has 0 radical (unpaired) electrons. The third-order valence-corrected chi connectivity index (χ3v) is 17.5. The minimum Gasteiger partial charge on any atom is -0.507 e. The maximum atomic E-state index is 14.4. The van der Waals surface area contributed by atoms with Crippen molar-refractivity contribution in [2.24, 2.45) is 0 Å². The van der Waals surface area contributed by atoms with Crippen LogP contribution in [0.4, 0.5) is 22.7 Å². The number of hydrogen-bond donors (Lipinski definition) is 10. The number of carbonyl (C=O) groups is 4. The van der Waals surface area contributed by atoms with E-state index < -0.39 is 23.1 Å². The molecule has 10 N–H and O–H groups in total. The molecular weight excluding hydrogens is 1020 g/mol. The second-order valence-corrected chi connectivity index (χ2v) is 23.7. The van der Waals surface area contributed by atoms with Gasteiger partial charge in [0.1, 0.15) is 61.3 Å². The summed E-state index contributed by atoms with van der Waals surface area (Å²) in [5.41, 5.74) is 2.03. The number of likely N-dealkylation sites (N-methyl/N-ethyl adjacent to an activating group) is 4.